The van der Waals surface area contributed by atoms with Crippen molar-refractivity contribution in [2.24, 2.45) is 0 Å². The van der Waals surface area contributed by atoms with E-state index >= 15 is 0 Å². The first-order chi connectivity index (χ1) is 14.8. The van der Waals surface area contributed by atoms with Crippen molar-refractivity contribution < 1.29 is 13.9 Å². The van der Waals surface area contributed by atoms with Crippen molar-refractivity contribution in [3.8, 4) is 17.0 Å². The van der Waals surface area contributed by atoms with Crippen LogP contribution in [0.5, 0.6) is 5.75 Å². The number of aromatic nitrogens is 2. The molecule has 7 heteroatoms. The second kappa shape index (κ2) is 8.34. The lowest BCUT2D eigenvalue weighted by atomic mass is 10.0. The maximum absolute atomic E-state index is 14.8. The Kier molecular flexibility index (Phi) is 5.59. The molecule has 0 bridgehead atoms. The molecule has 3 aromatic rings. The average Bonchev–Trinajstić information content (AvgIpc) is 3.17. The Bertz CT molecular complexity index is 1150. The molecular formula is C24H25FN4O2. The Morgan fingerprint density at radius 3 is 2.81 bits per heavy atom. The van der Waals surface area contributed by atoms with Crippen LogP contribution in [0.4, 0.5) is 10.1 Å². The standard InChI is InChI=1S/C24H25FN4O2/c1-14-12-26-15(2)22(28-14)16-9-17-10-18(31-23(17)20(25)11-16)13-27-24(30)19-7-5-6-8-21(19)29(3)4/h5-9,11-12,18H,10,13H2,1-4H3,(H,27,30)/t18-/m0/s1. The van der Waals surface area contributed by atoms with E-state index in [0.717, 1.165) is 22.6 Å². The molecule has 160 valence electrons. The van der Waals surface area contributed by atoms with Gasteiger partial charge in [-0.15, -0.1) is 0 Å². The maximum Gasteiger partial charge on any atom is 0.253 e. The highest BCUT2D eigenvalue weighted by Gasteiger charge is 2.28. The van der Waals surface area contributed by atoms with Crippen LogP contribution in [0.1, 0.15) is 27.3 Å². The number of amides is 1. The normalized spacial score (nSPS) is 14.7. The molecule has 0 unspecified atom stereocenters. The summed E-state index contributed by atoms with van der Waals surface area (Å²) in [6.07, 6.45) is 1.87. The zero-order valence-corrected chi connectivity index (χ0v) is 18.1. The van der Waals surface area contributed by atoms with E-state index in [1.54, 1.807) is 12.3 Å². The van der Waals surface area contributed by atoms with Crippen LogP contribution in [0, 0.1) is 19.7 Å². The quantitative estimate of drug-likeness (QED) is 0.682. The molecule has 0 aliphatic carbocycles. The minimum atomic E-state index is -0.429. The van der Waals surface area contributed by atoms with Gasteiger partial charge in [0.25, 0.3) is 5.91 Å². The molecule has 1 aliphatic rings. The van der Waals surface area contributed by atoms with Crippen molar-refractivity contribution >= 4 is 11.6 Å². The third kappa shape index (κ3) is 4.21. The molecule has 4 rings (SSSR count). The van der Waals surface area contributed by atoms with Gasteiger partial charge in [-0.05, 0) is 38.1 Å². The van der Waals surface area contributed by atoms with Crippen molar-refractivity contribution in [1.82, 2.24) is 15.3 Å². The number of ether oxygens (including phenoxy) is 1. The van der Waals surface area contributed by atoms with Gasteiger partial charge in [0.1, 0.15) is 6.10 Å². The van der Waals surface area contributed by atoms with Crippen molar-refractivity contribution in [2.45, 2.75) is 26.4 Å². The van der Waals surface area contributed by atoms with Crippen LogP contribution in [0.15, 0.2) is 42.6 Å². The summed E-state index contributed by atoms with van der Waals surface area (Å²) in [6, 6.07) is 10.7. The van der Waals surface area contributed by atoms with Gasteiger partial charge in [0, 0.05) is 43.5 Å². The van der Waals surface area contributed by atoms with Crippen molar-refractivity contribution in [1.29, 1.82) is 0 Å². The largest absolute Gasteiger partial charge is 0.485 e. The minimum Gasteiger partial charge on any atom is -0.485 e. The summed E-state index contributed by atoms with van der Waals surface area (Å²) in [6.45, 7) is 4.00. The van der Waals surface area contributed by atoms with Gasteiger partial charge < -0.3 is 15.0 Å². The fourth-order valence-corrected chi connectivity index (χ4v) is 3.81. The number of rotatable bonds is 5. The Hall–Kier alpha value is -3.48. The molecule has 1 atom stereocenters. The van der Waals surface area contributed by atoms with Crippen molar-refractivity contribution in [3.05, 3.63) is 70.9 Å². The molecule has 1 amide bonds. The number of fused-ring (bicyclic) bond motifs is 1. The van der Waals surface area contributed by atoms with E-state index in [1.165, 1.54) is 6.07 Å². The molecule has 2 aromatic carbocycles. The predicted octanol–water partition coefficient (Wildman–Crippen LogP) is 3.70. The number of halogens is 1. The third-order valence-electron chi connectivity index (χ3n) is 5.32. The zero-order chi connectivity index (χ0) is 22.1. The van der Waals surface area contributed by atoms with Gasteiger partial charge in [0.2, 0.25) is 0 Å². The average molecular weight is 420 g/mol. The van der Waals surface area contributed by atoms with Gasteiger partial charge in [-0.1, -0.05) is 12.1 Å². The fraction of sp³-hybridized carbons (Fsp3) is 0.292. The highest BCUT2D eigenvalue weighted by atomic mass is 19.1. The number of para-hydroxylation sites is 1. The molecule has 2 heterocycles. The fourth-order valence-electron chi connectivity index (χ4n) is 3.81. The number of benzene rings is 2. The van der Waals surface area contributed by atoms with Crippen molar-refractivity contribution in [3.63, 3.8) is 0 Å². The summed E-state index contributed by atoms with van der Waals surface area (Å²) in [5.41, 5.74) is 5.05. The van der Waals surface area contributed by atoms with E-state index in [1.807, 2.05) is 57.1 Å². The Labute approximate surface area is 181 Å². The van der Waals surface area contributed by atoms with Gasteiger partial charge in [0.15, 0.2) is 11.6 Å². The third-order valence-corrected chi connectivity index (χ3v) is 5.32. The smallest absolute Gasteiger partial charge is 0.253 e. The molecule has 31 heavy (non-hydrogen) atoms. The molecule has 0 spiro atoms. The lowest BCUT2D eigenvalue weighted by Gasteiger charge is -2.18. The van der Waals surface area contributed by atoms with Crippen LogP contribution >= 0.6 is 0 Å². The lowest BCUT2D eigenvalue weighted by Crippen LogP contribution is -2.35. The van der Waals surface area contributed by atoms with Gasteiger partial charge in [-0.2, -0.15) is 0 Å². The van der Waals surface area contributed by atoms with Crippen LogP contribution < -0.4 is 15.0 Å². The zero-order valence-electron chi connectivity index (χ0n) is 18.1. The number of nitrogens with zero attached hydrogens (tertiary/aromatic N) is 3. The molecular weight excluding hydrogens is 395 g/mol. The number of carbonyl (C=O) groups excluding carboxylic acids is 1. The molecule has 1 aliphatic heterocycles. The van der Waals surface area contributed by atoms with Crippen LogP contribution in [-0.4, -0.2) is 42.6 Å². The SMILES string of the molecule is Cc1cnc(C)c(-c2cc(F)c3c(c2)C[C@@H](CNC(=O)c2ccccc2N(C)C)O3)n1. The second-order valence-corrected chi connectivity index (χ2v) is 7.96. The van der Waals surface area contributed by atoms with Gasteiger partial charge in [-0.25, -0.2) is 9.37 Å². The molecule has 0 radical (unpaired) electrons. The van der Waals surface area contributed by atoms with Crippen LogP contribution in [0.2, 0.25) is 0 Å². The summed E-state index contributed by atoms with van der Waals surface area (Å²) >= 11 is 0. The Morgan fingerprint density at radius 1 is 1.26 bits per heavy atom. The molecule has 0 saturated heterocycles. The second-order valence-electron chi connectivity index (χ2n) is 7.96. The topological polar surface area (TPSA) is 67.4 Å². The van der Waals surface area contributed by atoms with E-state index in [0.29, 0.717) is 23.2 Å². The number of hydrogen-bond donors (Lipinski definition) is 1. The summed E-state index contributed by atoms with van der Waals surface area (Å²) in [4.78, 5) is 23.4. The number of anilines is 1. The minimum absolute atomic E-state index is 0.185. The molecule has 1 aromatic heterocycles. The van der Waals surface area contributed by atoms with Gasteiger partial charge >= 0.3 is 0 Å². The summed E-state index contributed by atoms with van der Waals surface area (Å²) in [7, 11) is 3.78. The highest BCUT2D eigenvalue weighted by Crippen LogP contribution is 2.36. The lowest BCUT2D eigenvalue weighted by molar-refractivity contribution is 0.0933. The Morgan fingerprint density at radius 2 is 2.03 bits per heavy atom. The first-order valence-electron chi connectivity index (χ1n) is 10.2. The van der Waals surface area contributed by atoms with E-state index < -0.39 is 5.82 Å². The number of hydrogen-bond acceptors (Lipinski definition) is 5. The van der Waals surface area contributed by atoms with E-state index in [2.05, 4.69) is 15.3 Å². The summed E-state index contributed by atoms with van der Waals surface area (Å²) < 4.78 is 20.6. The van der Waals surface area contributed by atoms with E-state index in [4.69, 9.17) is 4.74 Å². The monoisotopic (exact) mass is 420 g/mol. The molecule has 6 nitrogen and oxygen atoms in total. The van der Waals surface area contributed by atoms with Gasteiger partial charge in [0.05, 0.1) is 29.2 Å². The van der Waals surface area contributed by atoms with E-state index in [-0.39, 0.29) is 24.3 Å². The highest BCUT2D eigenvalue weighted by molar-refractivity contribution is 5.99. The van der Waals surface area contributed by atoms with Crippen molar-refractivity contribution in [2.75, 3.05) is 25.5 Å². The first-order valence-corrected chi connectivity index (χ1v) is 10.2. The summed E-state index contributed by atoms with van der Waals surface area (Å²) in [5.74, 6) is -0.368. The van der Waals surface area contributed by atoms with Crippen LogP contribution in [0.3, 0.4) is 0 Å². The Balaban J connectivity index is 1.49. The van der Waals surface area contributed by atoms with E-state index in [9.17, 15) is 9.18 Å². The molecule has 0 saturated carbocycles. The van der Waals surface area contributed by atoms with Crippen LogP contribution in [-0.2, 0) is 6.42 Å². The maximum atomic E-state index is 14.8. The first kappa shape index (κ1) is 20.8. The van der Waals surface area contributed by atoms with Crippen LogP contribution in [0.25, 0.3) is 11.3 Å². The van der Waals surface area contributed by atoms with Gasteiger partial charge in [-0.3, -0.25) is 9.78 Å². The molecule has 1 N–H and O–H groups in total. The number of nitrogens with one attached hydrogen (secondary N) is 1. The number of carbonyl (C=O) groups is 1. The molecule has 0 fully saturated rings. The summed E-state index contributed by atoms with van der Waals surface area (Å²) in [5, 5.41) is 2.92. The number of aryl methyl sites for hydroxylation is 2. The predicted molar refractivity (Wildman–Crippen MR) is 118 cm³/mol.